The fourth-order valence-electron chi connectivity index (χ4n) is 2.80. The second-order valence-electron chi connectivity index (χ2n) is 5.38. The SMILES string of the molecule is OC[C@@H]1CCCN1c1cc(NC[C@@H]2COCCO2)ncn1. The van der Waals surface area contributed by atoms with Gasteiger partial charge in [-0.1, -0.05) is 0 Å². The van der Waals surface area contributed by atoms with Crippen molar-refractivity contribution in [2.45, 2.75) is 25.0 Å². The number of ether oxygens (including phenoxy) is 2. The third-order valence-corrected chi connectivity index (χ3v) is 3.93. The molecule has 0 saturated carbocycles. The van der Waals surface area contributed by atoms with E-state index in [9.17, 15) is 5.11 Å². The van der Waals surface area contributed by atoms with Gasteiger partial charge in [0.1, 0.15) is 18.0 Å². The fraction of sp³-hybridized carbons (Fsp3) is 0.714. The van der Waals surface area contributed by atoms with Crippen LogP contribution in [0.3, 0.4) is 0 Å². The molecule has 7 heteroatoms. The van der Waals surface area contributed by atoms with Crippen LogP contribution in [0.4, 0.5) is 11.6 Å². The van der Waals surface area contributed by atoms with Crippen LogP contribution in [0.5, 0.6) is 0 Å². The molecule has 3 heterocycles. The van der Waals surface area contributed by atoms with Crippen molar-refractivity contribution in [1.29, 1.82) is 0 Å². The number of rotatable bonds is 5. The molecule has 2 aliphatic heterocycles. The lowest BCUT2D eigenvalue weighted by Gasteiger charge is -2.25. The molecule has 0 bridgehead atoms. The third-order valence-electron chi connectivity index (χ3n) is 3.93. The second kappa shape index (κ2) is 7.02. The topological polar surface area (TPSA) is 79.7 Å². The molecule has 2 fully saturated rings. The first-order chi connectivity index (χ1) is 10.4. The molecule has 0 radical (unpaired) electrons. The van der Waals surface area contributed by atoms with Crippen LogP contribution in [0.15, 0.2) is 12.4 Å². The Morgan fingerprint density at radius 1 is 1.38 bits per heavy atom. The molecule has 7 nitrogen and oxygen atoms in total. The Balaban J connectivity index is 1.60. The molecule has 2 saturated heterocycles. The van der Waals surface area contributed by atoms with Crippen molar-refractivity contribution in [2.75, 3.05) is 49.7 Å². The van der Waals surface area contributed by atoms with E-state index in [4.69, 9.17) is 9.47 Å². The maximum absolute atomic E-state index is 9.41. The van der Waals surface area contributed by atoms with Crippen LogP contribution in [0, 0.1) is 0 Å². The summed E-state index contributed by atoms with van der Waals surface area (Å²) in [4.78, 5) is 10.7. The molecular formula is C14H22N4O3. The molecule has 0 aromatic carbocycles. The Morgan fingerprint density at radius 3 is 3.14 bits per heavy atom. The summed E-state index contributed by atoms with van der Waals surface area (Å²) in [7, 11) is 0. The van der Waals surface area contributed by atoms with Gasteiger partial charge >= 0.3 is 0 Å². The molecule has 0 spiro atoms. The van der Waals surface area contributed by atoms with E-state index in [0.29, 0.717) is 26.4 Å². The third kappa shape index (κ3) is 3.61. The van der Waals surface area contributed by atoms with Crippen LogP contribution < -0.4 is 10.2 Å². The average Bonchev–Trinajstić information content (AvgIpc) is 3.03. The van der Waals surface area contributed by atoms with E-state index in [1.165, 1.54) is 0 Å². The van der Waals surface area contributed by atoms with Gasteiger partial charge in [-0.3, -0.25) is 0 Å². The molecule has 1 aromatic rings. The van der Waals surface area contributed by atoms with Gasteiger partial charge in [0.2, 0.25) is 0 Å². The van der Waals surface area contributed by atoms with E-state index in [1.807, 2.05) is 6.07 Å². The van der Waals surface area contributed by atoms with Crippen molar-refractivity contribution in [2.24, 2.45) is 0 Å². The summed E-state index contributed by atoms with van der Waals surface area (Å²) in [6.45, 7) is 3.70. The minimum atomic E-state index is 0.0640. The van der Waals surface area contributed by atoms with Gasteiger partial charge in [-0.15, -0.1) is 0 Å². The first-order valence-corrected chi connectivity index (χ1v) is 7.49. The summed E-state index contributed by atoms with van der Waals surface area (Å²) in [6, 6.07) is 2.10. The maximum atomic E-state index is 9.41. The predicted molar refractivity (Wildman–Crippen MR) is 78.5 cm³/mol. The number of aromatic nitrogens is 2. The number of anilines is 2. The smallest absolute Gasteiger partial charge is 0.134 e. The van der Waals surface area contributed by atoms with Crippen molar-refractivity contribution in [3.05, 3.63) is 12.4 Å². The summed E-state index contributed by atoms with van der Waals surface area (Å²) >= 11 is 0. The van der Waals surface area contributed by atoms with Crippen LogP contribution in [0.2, 0.25) is 0 Å². The van der Waals surface area contributed by atoms with Gasteiger partial charge in [0, 0.05) is 19.2 Å². The lowest BCUT2D eigenvalue weighted by Crippen LogP contribution is -2.34. The normalized spacial score (nSPS) is 26.0. The van der Waals surface area contributed by atoms with E-state index in [0.717, 1.165) is 31.0 Å². The molecule has 116 valence electrons. The minimum Gasteiger partial charge on any atom is -0.394 e. The largest absolute Gasteiger partial charge is 0.394 e. The van der Waals surface area contributed by atoms with Gasteiger partial charge in [-0.05, 0) is 12.8 Å². The highest BCUT2D eigenvalue weighted by atomic mass is 16.6. The van der Waals surface area contributed by atoms with E-state index >= 15 is 0 Å². The number of nitrogens with one attached hydrogen (secondary N) is 1. The highest BCUT2D eigenvalue weighted by Crippen LogP contribution is 2.24. The standard InChI is InChI=1S/C14H22N4O3/c19-8-11-2-1-3-18(11)14-6-13(16-10-17-14)15-7-12-9-20-4-5-21-12/h6,10-12,19H,1-5,7-9H2,(H,15,16,17)/t11-,12+/m0/s1. The average molecular weight is 294 g/mol. The molecule has 2 N–H and O–H groups in total. The van der Waals surface area contributed by atoms with Crippen LogP contribution in [0.1, 0.15) is 12.8 Å². The number of aliphatic hydroxyl groups is 1. The Labute approximate surface area is 124 Å². The predicted octanol–water partition coefficient (Wildman–Crippen LogP) is 0.265. The quantitative estimate of drug-likeness (QED) is 0.806. The lowest BCUT2D eigenvalue weighted by atomic mass is 10.2. The molecule has 0 unspecified atom stereocenters. The van der Waals surface area contributed by atoms with Crippen LogP contribution in [0.25, 0.3) is 0 Å². The van der Waals surface area contributed by atoms with Gasteiger partial charge in [0.05, 0.1) is 38.6 Å². The maximum Gasteiger partial charge on any atom is 0.134 e. The zero-order chi connectivity index (χ0) is 14.5. The highest BCUT2D eigenvalue weighted by Gasteiger charge is 2.25. The highest BCUT2D eigenvalue weighted by molar-refractivity contribution is 5.49. The monoisotopic (exact) mass is 294 g/mol. The molecule has 0 amide bonds. The summed E-state index contributed by atoms with van der Waals surface area (Å²) in [5.41, 5.74) is 0. The molecular weight excluding hydrogens is 272 g/mol. The molecule has 2 aliphatic rings. The number of hydrogen-bond donors (Lipinski definition) is 2. The van der Waals surface area contributed by atoms with Crippen molar-refractivity contribution in [3.63, 3.8) is 0 Å². The molecule has 1 aromatic heterocycles. The molecule has 3 rings (SSSR count). The van der Waals surface area contributed by atoms with Gasteiger partial charge in [-0.25, -0.2) is 9.97 Å². The summed E-state index contributed by atoms with van der Waals surface area (Å²) in [5, 5.41) is 12.7. The van der Waals surface area contributed by atoms with Crippen LogP contribution in [-0.4, -0.2) is 66.7 Å². The lowest BCUT2D eigenvalue weighted by molar-refractivity contribution is -0.0819. The van der Waals surface area contributed by atoms with Gasteiger partial charge in [0.15, 0.2) is 0 Å². The van der Waals surface area contributed by atoms with E-state index in [-0.39, 0.29) is 18.8 Å². The summed E-state index contributed by atoms with van der Waals surface area (Å²) in [6.07, 6.45) is 3.72. The van der Waals surface area contributed by atoms with E-state index < -0.39 is 0 Å². The number of nitrogens with zero attached hydrogens (tertiary/aromatic N) is 3. The second-order valence-corrected chi connectivity index (χ2v) is 5.38. The van der Waals surface area contributed by atoms with Gasteiger partial charge < -0.3 is 24.8 Å². The zero-order valence-corrected chi connectivity index (χ0v) is 12.1. The van der Waals surface area contributed by atoms with Crippen LogP contribution >= 0.6 is 0 Å². The fourth-order valence-corrected chi connectivity index (χ4v) is 2.80. The van der Waals surface area contributed by atoms with Crippen molar-refractivity contribution in [3.8, 4) is 0 Å². The van der Waals surface area contributed by atoms with Crippen LogP contribution in [-0.2, 0) is 9.47 Å². The van der Waals surface area contributed by atoms with Gasteiger partial charge in [0.25, 0.3) is 0 Å². The molecule has 21 heavy (non-hydrogen) atoms. The first kappa shape index (κ1) is 14.5. The molecule has 0 aliphatic carbocycles. The van der Waals surface area contributed by atoms with E-state index in [2.05, 4.69) is 20.2 Å². The van der Waals surface area contributed by atoms with E-state index in [1.54, 1.807) is 6.33 Å². The Bertz CT molecular complexity index is 454. The van der Waals surface area contributed by atoms with Gasteiger partial charge in [-0.2, -0.15) is 0 Å². The Kier molecular flexibility index (Phi) is 4.84. The molecule has 2 atom stereocenters. The van der Waals surface area contributed by atoms with Crippen molar-refractivity contribution < 1.29 is 14.6 Å². The number of aliphatic hydroxyl groups excluding tert-OH is 1. The Morgan fingerprint density at radius 2 is 2.33 bits per heavy atom. The number of hydrogen-bond acceptors (Lipinski definition) is 7. The summed E-state index contributed by atoms with van der Waals surface area (Å²) < 4.78 is 11.0. The van der Waals surface area contributed by atoms with Crippen molar-refractivity contribution in [1.82, 2.24) is 9.97 Å². The first-order valence-electron chi connectivity index (χ1n) is 7.49. The zero-order valence-electron chi connectivity index (χ0n) is 12.1. The Hall–Kier alpha value is -1.44. The van der Waals surface area contributed by atoms with Crippen molar-refractivity contribution >= 4 is 11.6 Å². The minimum absolute atomic E-state index is 0.0640. The summed E-state index contributed by atoms with van der Waals surface area (Å²) in [5.74, 6) is 1.64.